The van der Waals surface area contributed by atoms with Crippen molar-refractivity contribution >= 4 is 5.97 Å². The van der Waals surface area contributed by atoms with E-state index in [1.54, 1.807) is 0 Å². The summed E-state index contributed by atoms with van der Waals surface area (Å²) in [6.07, 6.45) is -12.9. The lowest BCUT2D eigenvalue weighted by Gasteiger charge is -2.43. The lowest BCUT2D eigenvalue weighted by molar-refractivity contribution is -0.383. The molecule has 2 aliphatic rings. The highest BCUT2D eigenvalue weighted by molar-refractivity contribution is 5.65. The molecule has 0 radical (unpaired) electrons. The molecule has 0 aromatic rings. The van der Waals surface area contributed by atoms with Crippen LogP contribution in [-0.4, -0.2) is 116 Å². The quantitative estimate of drug-likeness (QED) is 0.216. The van der Waals surface area contributed by atoms with Crippen LogP contribution in [0.3, 0.4) is 0 Å². The Labute approximate surface area is 148 Å². The van der Waals surface area contributed by atoms with Crippen molar-refractivity contribution in [1.82, 2.24) is 0 Å². The first-order valence-corrected chi connectivity index (χ1v) is 7.93. The largest absolute Gasteiger partial charge is 0.463 e. The first kappa shape index (κ1) is 21.4. The molecule has 0 aromatic carbocycles. The van der Waals surface area contributed by atoms with Crippen molar-refractivity contribution in [1.29, 1.82) is 0 Å². The fraction of sp³-hybridized carbons (Fsp3) is 0.929. The molecule has 0 bridgehead atoms. The maximum absolute atomic E-state index is 10.9. The Bertz CT molecular complexity index is 489. The van der Waals surface area contributed by atoms with Crippen molar-refractivity contribution in [2.75, 3.05) is 19.8 Å². The summed E-state index contributed by atoms with van der Waals surface area (Å²) in [5.41, 5.74) is 0. The zero-order valence-corrected chi connectivity index (χ0v) is 13.9. The lowest BCUT2D eigenvalue weighted by atomic mass is 9.99. The number of aliphatic hydroxyl groups excluding tert-OH is 7. The van der Waals surface area contributed by atoms with Gasteiger partial charge in [-0.3, -0.25) is 4.79 Å². The van der Waals surface area contributed by atoms with Gasteiger partial charge in [-0.2, -0.15) is 0 Å². The number of aliphatic hydroxyl groups is 7. The molecule has 0 aliphatic carbocycles. The Kier molecular flexibility index (Phi) is 6.90. The summed E-state index contributed by atoms with van der Waals surface area (Å²) < 4.78 is 20.4. The molecule has 12 nitrogen and oxygen atoms in total. The standard InChI is InChI=1S/C14H24O12/c1-5(17)23-3-7-8(18)10(20)11(21)13(24-7)26-14(4-16)12(22)9(19)6(2-15)25-14/h6-13,15-16,18-22H,2-4H2,1H3/t6-,7-,8-,9-,10+,11-,12+,13?,14?/m1/s1. The molecule has 2 fully saturated rings. The van der Waals surface area contributed by atoms with Crippen LogP contribution in [0.25, 0.3) is 0 Å². The third-order valence-corrected chi connectivity index (χ3v) is 4.34. The molecule has 0 aromatic heterocycles. The van der Waals surface area contributed by atoms with Crippen LogP contribution in [0, 0.1) is 0 Å². The van der Waals surface area contributed by atoms with Crippen molar-refractivity contribution in [2.24, 2.45) is 0 Å². The minimum atomic E-state index is -2.26. The summed E-state index contributed by atoms with van der Waals surface area (Å²) >= 11 is 0. The summed E-state index contributed by atoms with van der Waals surface area (Å²) in [5, 5.41) is 68.6. The van der Waals surface area contributed by atoms with E-state index in [9.17, 15) is 35.4 Å². The molecule has 2 rings (SSSR count). The SMILES string of the molecule is CC(=O)OC[C@H]1OC(OC2(CO)O[C@H](CO)[C@@H](O)[C@@H]2O)[C@H](O)[C@@H](O)[C@@H]1O. The molecular weight excluding hydrogens is 360 g/mol. The van der Waals surface area contributed by atoms with E-state index in [-0.39, 0.29) is 0 Å². The van der Waals surface area contributed by atoms with Crippen LogP contribution in [0.4, 0.5) is 0 Å². The maximum atomic E-state index is 10.9. The van der Waals surface area contributed by atoms with Crippen LogP contribution in [-0.2, 0) is 23.7 Å². The molecule has 7 N–H and O–H groups in total. The number of ether oxygens (including phenoxy) is 4. The summed E-state index contributed by atoms with van der Waals surface area (Å²) in [7, 11) is 0. The molecule has 2 heterocycles. The molecule has 9 atom stereocenters. The maximum Gasteiger partial charge on any atom is 0.302 e. The van der Waals surface area contributed by atoms with Gasteiger partial charge in [0.15, 0.2) is 6.29 Å². The first-order chi connectivity index (χ1) is 12.2. The van der Waals surface area contributed by atoms with E-state index in [2.05, 4.69) is 0 Å². The zero-order chi connectivity index (χ0) is 19.6. The van der Waals surface area contributed by atoms with E-state index in [1.807, 2.05) is 0 Å². The van der Waals surface area contributed by atoms with E-state index in [0.717, 1.165) is 6.92 Å². The van der Waals surface area contributed by atoms with Gasteiger partial charge in [-0.1, -0.05) is 0 Å². The molecule has 0 amide bonds. The molecule has 2 aliphatic heterocycles. The Morgan fingerprint density at radius 1 is 1.00 bits per heavy atom. The molecule has 12 heteroatoms. The van der Waals surface area contributed by atoms with Gasteiger partial charge in [0.2, 0.25) is 5.79 Å². The van der Waals surface area contributed by atoms with Gasteiger partial charge in [0.25, 0.3) is 0 Å². The van der Waals surface area contributed by atoms with E-state index in [1.165, 1.54) is 0 Å². The van der Waals surface area contributed by atoms with Gasteiger partial charge in [-0.05, 0) is 0 Å². The third-order valence-electron chi connectivity index (χ3n) is 4.34. The van der Waals surface area contributed by atoms with Crippen LogP contribution >= 0.6 is 0 Å². The Hall–Kier alpha value is -0.930. The Balaban J connectivity index is 2.16. The predicted molar refractivity (Wildman–Crippen MR) is 78.2 cm³/mol. The molecule has 0 spiro atoms. The van der Waals surface area contributed by atoms with E-state index < -0.39 is 80.6 Å². The van der Waals surface area contributed by atoms with E-state index in [0.29, 0.717) is 0 Å². The zero-order valence-electron chi connectivity index (χ0n) is 13.9. The van der Waals surface area contributed by atoms with Crippen LogP contribution in [0.1, 0.15) is 6.92 Å². The normalized spacial score (nSPS) is 46.3. The number of carbonyl (C=O) groups excluding carboxylic acids is 1. The van der Waals surface area contributed by atoms with Crippen LogP contribution < -0.4 is 0 Å². The van der Waals surface area contributed by atoms with Gasteiger partial charge in [-0.15, -0.1) is 0 Å². The Morgan fingerprint density at radius 2 is 1.65 bits per heavy atom. The fourth-order valence-electron chi connectivity index (χ4n) is 2.82. The minimum Gasteiger partial charge on any atom is -0.463 e. The average Bonchev–Trinajstić information content (AvgIpc) is 2.86. The number of esters is 1. The third kappa shape index (κ3) is 3.99. The second-order valence-corrected chi connectivity index (χ2v) is 6.18. The molecular formula is C14H24O12. The van der Waals surface area contributed by atoms with Gasteiger partial charge in [0, 0.05) is 6.92 Å². The summed E-state index contributed by atoms with van der Waals surface area (Å²) in [6.45, 7) is -1.01. The fourth-order valence-corrected chi connectivity index (χ4v) is 2.82. The predicted octanol–water partition coefficient (Wildman–Crippen LogP) is -4.82. The van der Waals surface area contributed by atoms with Crippen molar-refractivity contribution in [3.8, 4) is 0 Å². The number of carbonyl (C=O) groups is 1. The summed E-state index contributed by atoms with van der Waals surface area (Å²) in [6, 6.07) is 0. The monoisotopic (exact) mass is 384 g/mol. The van der Waals surface area contributed by atoms with E-state index >= 15 is 0 Å². The van der Waals surface area contributed by atoms with Gasteiger partial charge in [0.1, 0.15) is 55.9 Å². The van der Waals surface area contributed by atoms with Crippen LogP contribution in [0.15, 0.2) is 0 Å². The van der Waals surface area contributed by atoms with Crippen LogP contribution in [0.2, 0.25) is 0 Å². The first-order valence-electron chi connectivity index (χ1n) is 7.93. The highest BCUT2D eigenvalue weighted by Crippen LogP contribution is 2.35. The van der Waals surface area contributed by atoms with Crippen molar-refractivity contribution in [3.05, 3.63) is 0 Å². The summed E-state index contributed by atoms with van der Waals surface area (Å²) in [4.78, 5) is 10.9. The number of hydrogen-bond acceptors (Lipinski definition) is 12. The number of rotatable bonds is 6. The van der Waals surface area contributed by atoms with Gasteiger partial charge < -0.3 is 54.7 Å². The summed E-state index contributed by atoms with van der Waals surface area (Å²) in [5.74, 6) is -2.93. The number of hydrogen-bond donors (Lipinski definition) is 7. The molecule has 2 unspecified atom stereocenters. The van der Waals surface area contributed by atoms with Gasteiger partial charge in [-0.25, -0.2) is 0 Å². The molecule has 2 saturated heterocycles. The van der Waals surface area contributed by atoms with Crippen molar-refractivity contribution in [2.45, 2.75) is 61.7 Å². The van der Waals surface area contributed by atoms with Crippen molar-refractivity contribution in [3.63, 3.8) is 0 Å². The highest BCUT2D eigenvalue weighted by atomic mass is 16.8. The van der Waals surface area contributed by atoms with Gasteiger partial charge >= 0.3 is 5.97 Å². The topological polar surface area (TPSA) is 196 Å². The van der Waals surface area contributed by atoms with E-state index in [4.69, 9.17) is 24.1 Å². The molecule has 26 heavy (non-hydrogen) atoms. The highest BCUT2D eigenvalue weighted by Gasteiger charge is 2.58. The molecule has 152 valence electrons. The smallest absolute Gasteiger partial charge is 0.302 e. The average molecular weight is 384 g/mol. The lowest BCUT2D eigenvalue weighted by Crippen LogP contribution is -2.62. The molecule has 0 saturated carbocycles. The van der Waals surface area contributed by atoms with Gasteiger partial charge in [0.05, 0.1) is 6.61 Å². The Morgan fingerprint density at radius 3 is 2.15 bits per heavy atom. The second-order valence-electron chi connectivity index (χ2n) is 6.18. The second kappa shape index (κ2) is 8.39. The minimum absolute atomic E-state index is 0.461. The van der Waals surface area contributed by atoms with Crippen LogP contribution in [0.5, 0.6) is 0 Å². The van der Waals surface area contributed by atoms with Crippen molar-refractivity contribution < 1.29 is 59.5 Å².